The molecule has 7 nitrogen and oxygen atoms in total. The molecule has 7 heteroatoms. The SMILES string of the molecule is CO[C@H]1CNCC1NC(=O)c1ncn[nH]1. The van der Waals surface area contributed by atoms with Gasteiger partial charge in [-0.3, -0.25) is 9.89 Å². The number of hydrogen-bond acceptors (Lipinski definition) is 5. The third kappa shape index (κ3) is 2.13. The van der Waals surface area contributed by atoms with E-state index in [0.29, 0.717) is 6.54 Å². The molecule has 0 bridgehead atoms. The molecule has 0 aromatic carbocycles. The molecular weight excluding hydrogens is 198 g/mol. The van der Waals surface area contributed by atoms with Gasteiger partial charge in [-0.1, -0.05) is 0 Å². The average Bonchev–Trinajstić information content (AvgIpc) is 2.87. The molecule has 1 fully saturated rings. The summed E-state index contributed by atoms with van der Waals surface area (Å²) in [4.78, 5) is 15.4. The zero-order valence-electron chi connectivity index (χ0n) is 8.36. The molecule has 82 valence electrons. The number of nitrogens with zero attached hydrogens (tertiary/aromatic N) is 2. The number of nitrogens with one attached hydrogen (secondary N) is 3. The number of carbonyl (C=O) groups is 1. The van der Waals surface area contributed by atoms with Crippen LogP contribution in [0.4, 0.5) is 0 Å². The van der Waals surface area contributed by atoms with Gasteiger partial charge in [0.2, 0.25) is 5.82 Å². The Labute approximate surface area is 86.6 Å². The third-order valence-electron chi connectivity index (χ3n) is 2.41. The molecule has 15 heavy (non-hydrogen) atoms. The summed E-state index contributed by atoms with van der Waals surface area (Å²) in [5.41, 5.74) is 0. The lowest BCUT2D eigenvalue weighted by Crippen LogP contribution is -2.43. The highest BCUT2D eigenvalue weighted by molar-refractivity contribution is 5.90. The standard InChI is InChI=1S/C8H13N5O2/c1-15-6-3-9-2-5(6)12-8(14)7-10-4-11-13-7/h4-6,9H,2-3H2,1H3,(H,12,14)(H,10,11,13)/t5?,6-/m0/s1. The fourth-order valence-electron chi connectivity index (χ4n) is 1.60. The van der Waals surface area contributed by atoms with Gasteiger partial charge >= 0.3 is 0 Å². The minimum Gasteiger partial charge on any atom is -0.378 e. The van der Waals surface area contributed by atoms with Gasteiger partial charge in [0.1, 0.15) is 6.33 Å². The first kappa shape index (κ1) is 10.1. The van der Waals surface area contributed by atoms with Gasteiger partial charge in [-0.05, 0) is 0 Å². The van der Waals surface area contributed by atoms with Crippen molar-refractivity contribution in [1.82, 2.24) is 25.8 Å². The van der Waals surface area contributed by atoms with Gasteiger partial charge in [-0.2, -0.15) is 5.10 Å². The monoisotopic (exact) mass is 211 g/mol. The maximum Gasteiger partial charge on any atom is 0.288 e. The number of amides is 1. The van der Waals surface area contributed by atoms with Crippen LogP contribution in [0.2, 0.25) is 0 Å². The predicted molar refractivity (Wildman–Crippen MR) is 51.3 cm³/mol. The van der Waals surface area contributed by atoms with Crippen LogP contribution in [0.3, 0.4) is 0 Å². The molecule has 0 radical (unpaired) electrons. The van der Waals surface area contributed by atoms with Crippen molar-refractivity contribution in [3.63, 3.8) is 0 Å². The Kier molecular flexibility index (Phi) is 2.93. The van der Waals surface area contributed by atoms with Crippen LogP contribution in [-0.4, -0.2) is 53.4 Å². The number of ether oxygens (including phenoxy) is 1. The Morgan fingerprint density at radius 2 is 2.53 bits per heavy atom. The number of H-pyrrole nitrogens is 1. The van der Waals surface area contributed by atoms with Gasteiger partial charge in [0.05, 0.1) is 12.1 Å². The van der Waals surface area contributed by atoms with Crippen LogP contribution in [-0.2, 0) is 4.74 Å². The van der Waals surface area contributed by atoms with E-state index in [-0.39, 0.29) is 23.9 Å². The Morgan fingerprint density at radius 1 is 1.67 bits per heavy atom. The van der Waals surface area contributed by atoms with Crippen molar-refractivity contribution < 1.29 is 9.53 Å². The highest BCUT2D eigenvalue weighted by atomic mass is 16.5. The molecule has 1 unspecified atom stereocenters. The maximum atomic E-state index is 11.6. The maximum absolute atomic E-state index is 11.6. The number of aromatic amines is 1. The van der Waals surface area contributed by atoms with Gasteiger partial charge in [0.25, 0.3) is 5.91 Å². The lowest BCUT2D eigenvalue weighted by atomic mass is 10.2. The summed E-state index contributed by atoms with van der Waals surface area (Å²) in [5.74, 6) is -0.0417. The van der Waals surface area contributed by atoms with Gasteiger partial charge < -0.3 is 15.4 Å². The molecule has 1 aromatic heterocycles. The zero-order valence-corrected chi connectivity index (χ0v) is 8.36. The second-order valence-electron chi connectivity index (χ2n) is 3.35. The van der Waals surface area contributed by atoms with E-state index in [9.17, 15) is 4.79 Å². The second kappa shape index (κ2) is 4.37. The first-order valence-electron chi connectivity index (χ1n) is 4.71. The molecule has 1 saturated heterocycles. The minimum atomic E-state index is -0.261. The van der Waals surface area contributed by atoms with E-state index in [1.54, 1.807) is 7.11 Å². The lowest BCUT2D eigenvalue weighted by Gasteiger charge is -2.17. The first-order chi connectivity index (χ1) is 7.31. The van der Waals surface area contributed by atoms with E-state index in [0.717, 1.165) is 6.54 Å². The number of hydrogen-bond donors (Lipinski definition) is 3. The number of methoxy groups -OCH3 is 1. The van der Waals surface area contributed by atoms with Crippen molar-refractivity contribution in [3.05, 3.63) is 12.2 Å². The van der Waals surface area contributed by atoms with Crippen molar-refractivity contribution in [2.24, 2.45) is 0 Å². The molecule has 2 atom stereocenters. The average molecular weight is 211 g/mol. The molecule has 1 aromatic rings. The zero-order chi connectivity index (χ0) is 10.7. The first-order valence-corrected chi connectivity index (χ1v) is 4.71. The van der Waals surface area contributed by atoms with Gasteiger partial charge in [0, 0.05) is 20.2 Å². The van der Waals surface area contributed by atoms with Crippen LogP contribution in [0, 0.1) is 0 Å². The molecule has 0 saturated carbocycles. The van der Waals surface area contributed by atoms with Crippen LogP contribution < -0.4 is 10.6 Å². The molecule has 2 rings (SSSR count). The van der Waals surface area contributed by atoms with E-state index in [4.69, 9.17) is 4.74 Å². The van der Waals surface area contributed by atoms with Crippen LogP contribution in [0.15, 0.2) is 6.33 Å². The Hall–Kier alpha value is -1.47. The molecule has 3 N–H and O–H groups in total. The fraction of sp³-hybridized carbons (Fsp3) is 0.625. The Balaban J connectivity index is 1.94. The van der Waals surface area contributed by atoms with Crippen LogP contribution in [0.25, 0.3) is 0 Å². The summed E-state index contributed by atoms with van der Waals surface area (Å²) < 4.78 is 5.22. The molecule has 0 aliphatic carbocycles. The number of aromatic nitrogens is 3. The van der Waals surface area contributed by atoms with E-state index in [1.807, 2.05) is 0 Å². The number of rotatable bonds is 3. The van der Waals surface area contributed by atoms with Gasteiger partial charge in [-0.15, -0.1) is 0 Å². The molecule has 1 aliphatic heterocycles. The van der Waals surface area contributed by atoms with Crippen molar-refractivity contribution in [2.75, 3.05) is 20.2 Å². The van der Waals surface area contributed by atoms with Gasteiger partial charge in [0.15, 0.2) is 0 Å². The molecule has 1 amide bonds. The highest BCUT2D eigenvalue weighted by Crippen LogP contribution is 2.04. The Morgan fingerprint density at radius 3 is 3.20 bits per heavy atom. The van der Waals surface area contributed by atoms with E-state index in [1.165, 1.54) is 6.33 Å². The lowest BCUT2D eigenvalue weighted by molar-refractivity contribution is 0.0773. The summed E-state index contributed by atoms with van der Waals surface area (Å²) in [7, 11) is 1.63. The van der Waals surface area contributed by atoms with E-state index >= 15 is 0 Å². The van der Waals surface area contributed by atoms with Crippen molar-refractivity contribution in [3.8, 4) is 0 Å². The Bertz CT molecular complexity index is 326. The normalized spacial score (nSPS) is 25.4. The second-order valence-corrected chi connectivity index (χ2v) is 3.35. The molecular formula is C8H13N5O2. The summed E-state index contributed by atoms with van der Waals surface area (Å²) >= 11 is 0. The molecule has 2 heterocycles. The minimum absolute atomic E-state index is 0.0110. The molecule has 0 spiro atoms. The smallest absolute Gasteiger partial charge is 0.288 e. The van der Waals surface area contributed by atoms with Crippen LogP contribution in [0.1, 0.15) is 10.6 Å². The van der Waals surface area contributed by atoms with Crippen molar-refractivity contribution in [1.29, 1.82) is 0 Å². The summed E-state index contributed by atoms with van der Waals surface area (Å²) in [5, 5.41) is 12.1. The topological polar surface area (TPSA) is 91.9 Å². The quantitative estimate of drug-likeness (QED) is 0.567. The van der Waals surface area contributed by atoms with E-state index < -0.39 is 0 Å². The van der Waals surface area contributed by atoms with Crippen LogP contribution in [0.5, 0.6) is 0 Å². The number of carbonyl (C=O) groups excluding carboxylic acids is 1. The van der Waals surface area contributed by atoms with Crippen molar-refractivity contribution >= 4 is 5.91 Å². The third-order valence-corrected chi connectivity index (χ3v) is 2.41. The summed E-state index contributed by atoms with van der Waals surface area (Å²) in [6, 6.07) is -0.0207. The highest BCUT2D eigenvalue weighted by Gasteiger charge is 2.28. The largest absolute Gasteiger partial charge is 0.378 e. The molecule has 1 aliphatic rings. The van der Waals surface area contributed by atoms with Gasteiger partial charge in [-0.25, -0.2) is 4.98 Å². The summed E-state index contributed by atoms with van der Waals surface area (Å²) in [6.45, 7) is 1.45. The van der Waals surface area contributed by atoms with Crippen LogP contribution >= 0.6 is 0 Å². The fourth-order valence-corrected chi connectivity index (χ4v) is 1.60. The summed E-state index contributed by atoms with van der Waals surface area (Å²) in [6.07, 6.45) is 1.31. The predicted octanol–water partition coefficient (Wildman–Crippen LogP) is -1.48. The van der Waals surface area contributed by atoms with Crippen molar-refractivity contribution in [2.45, 2.75) is 12.1 Å². The van der Waals surface area contributed by atoms with E-state index in [2.05, 4.69) is 25.8 Å².